The largest absolute Gasteiger partial charge is 0.338 e. The molecule has 0 aliphatic heterocycles. The Kier molecular flexibility index (Phi) is 5.57. The third kappa shape index (κ3) is 4.14. The van der Waals surface area contributed by atoms with E-state index in [0.29, 0.717) is 0 Å². The van der Waals surface area contributed by atoms with Gasteiger partial charge in [0.25, 0.3) is 0 Å². The zero-order chi connectivity index (χ0) is 20.2. The molecule has 0 radical (unpaired) electrons. The van der Waals surface area contributed by atoms with Crippen molar-refractivity contribution in [1.29, 1.82) is 0 Å². The van der Waals surface area contributed by atoms with Crippen molar-refractivity contribution in [2.75, 3.05) is 5.32 Å². The van der Waals surface area contributed by atoms with Gasteiger partial charge in [-0.15, -0.1) is 10.2 Å². The average molecular weight is 382 g/mol. The molecule has 146 valence electrons. The van der Waals surface area contributed by atoms with Gasteiger partial charge < -0.3 is 5.32 Å². The van der Waals surface area contributed by atoms with Crippen molar-refractivity contribution in [3.05, 3.63) is 83.4 Å². The summed E-state index contributed by atoms with van der Waals surface area (Å²) >= 11 is 0. The maximum absolute atomic E-state index is 4.62. The highest BCUT2D eigenvalue weighted by Gasteiger charge is 2.13. The molecule has 3 nitrogen and oxygen atoms in total. The molecule has 4 rings (SSSR count). The van der Waals surface area contributed by atoms with Crippen molar-refractivity contribution in [1.82, 2.24) is 10.2 Å². The van der Waals surface area contributed by atoms with Gasteiger partial charge in [-0.25, -0.2) is 0 Å². The van der Waals surface area contributed by atoms with Gasteiger partial charge in [0, 0.05) is 22.0 Å². The van der Waals surface area contributed by atoms with Crippen molar-refractivity contribution < 1.29 is 0 Å². The maximum Gasteiger partial charge on any atom is 0.161 e. The molecule has 0 bridgehead atoms. The van der Waals surface area contributed by atoms with Gasteiger partial charge in [-0.05, 0) is 67.6 Å². The fourth-order valence-corrected chi connectivity index (χ4v) is 3.59. The van der Waals surface area contributed by atoms with Gasteiger partial charge in [-0.3, -0.25) is 0 Å². The van der Waals surface area contributed by atoms with Crippen LogP contribution in [-0.4, -0.2) is 10.2 Å². The van der Waals surface area contributed by atoms with E-state index < -0.39 is 0 Å². The summed E-state index contributed by atoms with van der Waals surface area (Å²) in [6.07, 6.45) is 3.56. The molecular formula is C26H27N3. The van der Waals surface area contributed by atoms with Gasteiger partial charge in [-0.2, -0.15) is 0 Å². The maximum atomic E-state index is 4.62. The summed E-state index contributed by atoms with van der Waals surface area (Å²) in [7, 11) is 0. The number of benzene rings is 3. The zero-order valence-electron chi connectivity index (χ0n) is 17.4. The van der Waals surface area contributed by atoms with Crippen LogP contribution in [0, 0.1) is 13.8 Å². The molecule has 1 aromatic heterocycles. The molecule has 0 saturated carbocycles. The normalized spacial score (nSPS) is 11.0. The monoisotopic (exact) mass is 381 g/mol. The summed E-state index contributed by atoms with van der Waals surface area (Å²) in [5.74, 6) is 0.789. The van der Waals surface area contributed by atoms with E-state index in [1.807, 2.05) is 30.3 Å². The number of nitrogens with zero attached hydrogens (tertiary/aromatic N) is 2. The first-order valence-corrected chi connectivity index (χ1v) is 10.3. The fraction of sp³-hybridized carbons (Fsp3) is 0.231. The summed E-state index contributed by atoms with van der Waals surface area (Å²) in [4.78, 5) is 0. The number of nitrogens with one attached hydrogen (secondary N) is 1. The molecular weight excluding hydrogens is 354 g/mol. The second kappa shape index (κ2) is 8.44. The van der Waals surface area contributed by atoms with E-state index in [1.54, 1.807) is 0 Å². The van der Waals surface area contributed by atoms with Crippen LogP contribution in [0.5, 0.6) is 0 Å². The molecule has 0 saturated heterocycles. The molecule has 3 aromatic carbocycles. The first-order valence-electron chi connectivity index (χ1n) is 10.3. The van der Waals surface area contributed by atoms with E-state index in [0.717, 1.165) is 40.0 Å². The first-order chi connectivity index (χ1) is 14.2. The SMILES string of the molecule is CCCCc1ccc(-c2nnc(Nc3ccccc3)c3cc(C)c(C)cc23)cc1. The first kappa shape index (κ1) is 19.1. The minimum absolute atomic E-state index is 0.789. The number of rotatable bonds is 6. The average Bonchev–Trinajstić information content (AvgIpc) is 2.75. The molecule has 0 aliphatic carbocycles. The van der Waals surface area contributed by atoms with Crippen LogP contribution in [0.15, 0.2) is 66.7 Å². The second-order valence-corrected chi connectivity index (χ2v) is 7.67. The van der Waals surface area contributed by atoms with E-state index in [2.05, 4.69) is 72.7 Å². The zero-order valence-corrected chi connectivity index (χ0v) is 17.4. The Morgan fingerprint density at radius 3 is 2.17 bits per heavy atom. The van der Waals surface area contributed by atoms with Crippen LogP contribution in [0.3, 0.4) is 0 Å². The highest BCUT2D eigenvalue weighted by atomic mass is 15.2. The highest BCUT2D eigenvalue weighted by Crippen LogP contribution is 2.33. The highest BCUT2D eigenvalue weighted by molar-refractivity contribution is 6.01. The third-order valence-electron chi connectivity index (χ3n) is 5.48. The predicted molar refractivity (Wildman–Crippen MR) is 123 cm³/mol. The molecule has 0 atom stereocenters. The fourth-order valence-electron chi connectivity index (χ4n) is 3.59. The quantitative estimate of drug-likeness (QED) is 0.391. The molecule has 0 fully saturated rings. The Bertz CT molecular complexity index is 1120. The minimum Gasteiger partial charge on any atom is -0.338 e. The Morgan fingerprint density at radius 1 is 0.793 bits per heavy atom. The molecule has 0 spiro atoms. The van der Waals surface area contributed by atoms with Crippen molar-refractivity contribution in [2.45, 2.75) is 40.0 Å². The molecule has 1 N–H and O–H groups in total. The lowest BCUT2D eigenvalue weighted by atomic mass is 9.98. The van der Waals surface area contributed by atoms with Gasteiger partial charge in [0.05, 0.1) is 0 Å². The minimum atomic E-state index is 0.789. The standard InChI is InChI=1S/C26H27N3/c1-4-5-9-20-12-14-21(15-13-20)25-23-16-18(2)19(3)17-24(23)26(29-28-25)27-22-10-7-6-8-11-22/h6-8,10-17H,4-5,9H2,1-3H3,(H,27,29). The molecule has 29 heavy (non-hydrogen) atoms. The second-order valence-electron chi connectivity index (χ2n) is 7.67. The van der Waals surface area contributed by atoms with E-state index in [-0.39, 0.29) is 0 Å². The van der Waals surface area contributed by atoms with Crippen molar-refractivity contribution in [3.63, 3.8) is 0 Å². The van der Waals surface area contributed by atoms with Crippen molar-refractivity contribution >= 4 is 22.3 Å². The molecule has 1 heterocycles. The van der Waals surface area contributed by atoms with E-state index in [9.17, 15) is 0 Å². The van der Waals surface area contributed by atoms with Crippen LogP contribution >= 0.6 is 0 Å². The number of anilines is 2. The van der Waals surface area contributed by atoms with Crippen LogP contribution in [0.25, 0.3) is 22.0 Å². The van der Waals surface area contributed by atoms with Crippen LogP contribution in [0.4, 0.5) is 11.5 Å². The Labute approximate surface area is 172 Å². The number of fused-ring (bicyclic) bond motifs is 1. The Balaban J connectivity index is 1.79. The summed E-state index contributed by atoms with van der Waals surface area (Å²) in [5.41, 5.74) is 6.94. The topological polar surface area (TPSA) is 37.8 Å². The van der Waals surface area contributed by atoms with Gasteiger partial charge in [-0.1, -0.05) is 55.8 Å². The van der Waals surface area contributed by atoms with E-state index >= 15 is 0 Å². The summed E-state index contributed by atoms with van der Waals surface area (Å²) in [6.45, 7) is 6.52. The molecule has 4 aromatic rings. The van der Waals surface area contributed by atoms with Crippen LogP contribution in [-0.2, 0) is 6.42 Å². The predicted octanol–water partition coefficient (Wildman–Crippen LogP) is 7.00. The van der Waals surface area contributed by atoms with E-state index in [1.165, 1.54) is 29.5 Å². The van der Waals surface area contributed by atoms with Gasteiger partial charge in [0.2, 0.25) is 0 Å². The van der Waals surface area contributed by atoms with Gasteiger partial charge in [0.15, 0.2) is 5.82 Å². The Hall–Kier alpha value is -3.20. The summed E-state index contributed by atoms with van der Waals surface area (Å²) < 4.78 is 0. The Morgan fingerprint density at radius 2 is 1.48 bits per heavy atom. The summed E-state index contributed by atoms with van der Waals surface area (Å²) in [6, 6.07) is 23.3. The number of hydrogen-bond acceptors (Lipinski definition) is 3. The molecule has 0 unspecified atom stereocenters. The number of hydrogen-bond donors (Lipinski definition) is 1. The lowest BCUT2D eigenvalue weighted by molar-refractivity contribution is 0.795. The number of aromatic nitrogens is 2. The van der Waals surface area contributed by atoms with Gasteiger partial charge >= 0.3 is 0 Å². The summed E-state index contributed by atoms with van der Waals surface area (Å²) in [5, 5.41) is 14.8. The third-order valence-corrected chi connectivity index (χ3v) is 5.48. The van der Waals surface area contributed by atoms with Crippen LogP contribution < -0.4 is 5.32 Å². The van der Waals surface area contributed by atoms with E-state index in [4.69, 9.17) is 0 Å². The van der Waals surface area contributed by atoms with Gasteiger partial charge in [0.1, 0.15) is 5.69 Å². The molecule has 0 amide bonds. The number of aryl methyl sites for hydroxylation is 3. The lowest BCUT2D eigenvalue weighted by Gasteiger charge is -2.13. The van der Waals surface area contributed by atoms with Crippen molar-refractivity contribution in [3.8, 4) is 11.3 Å². The molecule has 3 heteroatoms. The number of para-hydroxylation sites is 1. The van der Waals surface area contributed by atoms with Crippen LogP contribution in [0.1, 0.15) is 36.5 Å². The number of unbranched alkanes of at least 4 members (excludes halogenated alkanes) is 1. The smallest absolute Gasteiger partial charge is 0.161 e. The van der Waals surface area contributed by atoms with Crippen LogP contribution in [0.2, 0.25) is 0 Å². The molecule has 0 aliphatic rings. The van der Waals surface area contributed by atoms with Crippen molar-refractivity contribution in [2.24, 2.45) is 0 Å². The lowest BCUT2D eigenvalue weighted by Crippen LogP contribution is -2.00.